The van der Waals surface area contributed by atoms with Crippen molar-refractivity contribution in [3.8, 4) is 22.6 Å². The highest BCUT2D eigenvalue weighted by molar-refractivity contribution is 5.91. The first-order chi connectivity index (χ1) is 22.2. The molecule has 0 fully saturated rings. The number of nitrogens with one attached hydrogen (secondary N) is 1. The van der Waals surface area contributed by atoms with Crippen molar-refractivity contribution in [3.05, 3.63) is 112 Å². The molecule has 0 bridgehead atoms. The van der Waals surface area contributed by atoms with Gasteiger partial charge in [-0.2, -0.15) is 4.98 Å². The SMILES string of the molecule is COc1cc(OC)c(F)c(-c2cc3cnc(Nc4ccccn4)nc3n(Cc3cccc(CC(=O)/C=C/CN(C)C)c3)c2=O)c1F. The largest absolute Gasteiger partial charge is 0.494 e. The molecule has 1 N–H and O–H groups in total. The molecule has 3 heterocycles. The van der Waals surface area contributed by atoms with Gasteiger partial charge in [0.15, 0.2) is 28.9 Å². The number of hydrogen-bond acceptors (Lipinski definition) is 9. The van der Waals surface area contributed by atoms with Gasteiger partial charge in [0.05, 0.1) is 31.9 Å². The Balaban J connectivity index is 1.63. The van der Waals surface area contributed by atoms with E-state index in [2.05, 4.69) is 20.3 Å². The number of rotatable bonds is 12. The van der Waals surface area contributed by atoms with Gasteiger partial charge in [-0.1, -0.05) is 36.4 Å². The van der Waals surface area contributed by atoms with Gasteiger partial charge in [-0.3, -0.25) is 14.2 Å². The summed E-state index contributed by atoms with van der Waals surface area (Å²) in [5, 5.41) is 3.35. The third kappa shape index (κ3) is 7.08. The highest BCUT2D eigenvalue weighted by Gasteiger charge is 2.25. The predicted molar refractivity (Wildman–Crippen MR) is 172 cm³/mol. The van der Waals surface area contributed by atoms with Gasteiger partial charge in [-0.25, -0.2) is 18.7 Å². The van der Waals surface area contributed by atoms with Crippen LogP contribution in [0.5, 0.6) is 11.5 Å². The van der Waals surface area contributed by atoms with Gasteiger partial charge in [0.25, 0.3) is 5.56 Å². The van der Waals surface area contributed by atoms with Crippen LogP contribution in [0.4, 0.5) is 20.5 Å². The highest BCUT2D eigenvalue weighted by atomic mass is 19.1. The minimum absolute atomic E-state index is 0.0218. The van der Waals surface area contributed by atoms with Gasteiger partial charge in [-0.15, -0.1) is 0 Å². The van der Waals surface area contributed by atoms with Crippen molar-refractivity contribution in [1.82, 2.24) is 24.4 Å². The number of methoxy groups -OCH3 is 2. The fourth-order valence-corrected chi connectivity index (χ4v) is 4.89. The maximum Gasteiger partial charge on any atom is 0.260 e. The fraction of sp³-hybridized carbons (Fsp3) is 0.206. The molecule has 0 unspecified atom stereocenters. The molecule has 0 aliphatic rings. The standard InChI is InChI=1S/C34H32F2N6O4/c1-41(2)14-8-11-24(43)16-21-9-7-10-22(15-21)20-42-32-23(19-38-34(40-32)39-28-12-5-6-13-37-28)17-25(33(42)44)29-30(35)26(45-3)18-27(46-4)31(29)36/h5-13,15,17-19H,14,16,20H2,1-4H3,(H,37,38,39,40)/b11-8+. The number of likely N-dealkylation sites (N-methyl/N-ethyl adjacent to an activating group) is 1. The lowest BCUT2D eigenvalue weighted by Gasteiger charge is -2.16. The number of allylic oxidation sites excluding steroid dienone is 1. The lowest BCUT2D eigenvalue weighted by atomic mass is 10.0. The molecule has 0 aliphatic carbocycles. The number of aromatic nitrogens is 4. The van der Waals surface area contributed by atoms with E-state index in [0.717, 1.165) is 11.6 Å². The lowest BCUT2D eigenvalue weighted by molar-refractivity contribution is -0.114. The highest BCUT2D eigenvalue weighted by Crippen LogP contribution is 2.37. The topological polar surface area (TPSA) is 111 Å². The summed E-state index contributed by atoms with van der Waals surface area (Å²) in [6.45, 7) is 0.615. The van der Waals surface area contributed by atoms with Crippen molar-refractivity contribution in [1.29, 1.82) is 0 Å². The van der Waals surface area contributed by atoms with E-state index in [9.17, 15) is 9.59 Å². The first kappa shape index (κ1) is 31.9. The molecule has 2 aromatic carbocycles. The summed E-state index contributed by atoms with van der Waals surface area (Å²) in [5.41, 5.74) is 0.0436. The molecule has 46 heavy (non-hydrogen) atoms. The summed E-state index contributed by atoms with van der Waals surface area (Å²) in [6, 6.07) is 14.9. The fourth-order valence-electron chi connectivity index (χ4n) is 4.89. The van der Waals surface area contributed by atoms with E-state index in [1.807, 2.05) is 31.1 Å². The van der Waals surface area contributed by atoms with Gasteiger partial charge in [-0.05, 0) is 49.5 Å². The third-order valence-corrected chi connectivity index (χ3v) is 7.06. The summed E-state index contributed by atoms with van der Waals surface area (Å²) < 4.78 is 42.8. The number of pyridine rings is 2. The molecule has 12 heteroatoms. The normalized spacial score (nSPS) is 11.4. The summed E-state index contributed by atoms with van der Waals surface area (Å²) in [4.78, 5) is 41.9. The predicted octanol–water partition coefficient (Wildman–Crippen LogP) is 5.17. The van der Waals surface area contributed by atoms with E-state index in [1.165, 1.54) is 31.0 Å². The number of anilines is 2. The molecule has 0 radical (unpaired) electrons. The van der Waals surface area contributed by atoms with Crippen LogP contribution in [0, 0.1) is 11.6 Å². The smallest absolute Gasteiger partial charge is 0.260 e. The third-order valence-electron chi connectivity index (χ3n) is 7.06. The van der Waals surface area contributed by atoms with Crippen molar-refractivity contribution in [2.75, 3.05) is 40.2 Å². The van der Waals surface area contributed by atoms with Crippen molar-refractivity contribution in [3.63, 3.8) is 0 Å². The molecule has 236 valence electrons. The second-order valence-corrected chi connectivity index (χ2v) is 10.7. The van der Waals surface area contributed by atoms with Gasteiger partial charge in [0.2, 0.25) is 5.95 Å². The maximum atomic E-state index is 15.6. The zero-order chi connectivity index (χ0) is 32.8. The molecule has 0 aliphatic heterocycles. The average Bonchev–Trinajstić information content (AvgIpc) is 3.04. The number of ketones is 1. The lowest BCUT2D eigenvalue weighted by Crippen LogP contribution is -2.24. The Bertz CT molecular complexity index is 1950. The number of ether oxygens (including phenoxy) is 2. The monoisotopic (exact) mass is 626 g/mol. The van der Waals surface area contributed by atoms with Crippen LogP contribution in [0.15, 0.2) is 83.9 Å². The summed E-state index contributed by atoms with van der Waals surface area (Å²) >= 11 is 0. The van der Waals surface area contributed by atoms with Crippen molar-refractivity contribution in [2.45, 2.75) is 13.0 Å². The Morgan fingerprint density at radius 2 is 1.72 bits per heavy atom. The van der Waals surface area contributed by atoms with E-state index in [0.29, 0.717) is 23.3 Å². The second-order valence-electron chi connectivity index (χ2n) is 10.7. The van der Waals surface area contributed by atoms with Crippen LogP contribution in [-0.2, 0) is 17.8 Å². The summed E-state index contributed by atoms with van der Waals surface area (Å²) in [6.07, 6.45) is 6.56. The minimum atomic E-state index is -1.05. The molecule has 3 aromatic heterocycles. The second kappa shape index (κ2) is 14.1. The zero-order valence-electron chi connectivity index (χ0n) is 25.8. The van der Waals surface area contributed by atoms with E-state index in [-0.39, 0.29) is 47.4 Å². The van der Waals surface area contributed by atoms with E-state index < -0.39 is 22.8 Å². The molecule has 0 amide bonds. The van der Waals surface area contributed by atoms with Crippen LogP contribution < -0.4 is 20.3 Å². The number of carbonyl (C=O) groups excluding carboxylic acids is 1. The number of halogens is 2. The van der Waals surface area contributed by atoms with Gasteiger partial charge in [0, 0.05) is 36.8 Å². The van der Waals surface area contributed by atoms with Crippen LogP contribution in [0.2, 0.25) is 0 Å². The van der Waals surface area contributed by atoms with Gasteiger partial charge in [0.1, 0.15) is 11.5 Å². The number of fused-ring (bicyclic) bond motifs is 1. The van der Waals surface area contributed by atoms with Crippen molar-refractivity contribution < 1.29 is 23.0 Å². The Labute approximate surface area is 264 Å². The number of hydrogen-bond donors (Lipinski definition) is 1. The molecular formula is C34H32F2N6O4. The average molecular weight is 627 g/mol. The summed E-state index contributed by atoms with van der Waals surface area (Å²) in [7, 11) is 6.29. The maximum absolute atomic E-state index is 15.6. The molecule has 5 rings (SSSR count). The zero-order valence-corrected chi connectivity index (χ0v) is 25.8. The van der Waals surface area contributed by atoms with Crippen LogP contribution in [0.25, 0.3) is 22.2 Å². The van der Waals surface area contributed by atoms with Crippen LogP contribution in [-0.4, -0.2) is 65.1 Å². The first-order valence-electron chi connectivity index (χ1n) is 14.3. The summed E-state index contributed by atoms with van der Waals surface area (Å²) in [5.74, 6) is -2.11. The minimum Gasteiger partial charge on any atom is -0.494 e. The number of benzene rings is 2. The molecule has 0 spiro atoms. The van der Waals surface area contributed by atoms with Gasteiger partial charge < -0.3 is 19.7 Å². The van der Waals surface area contributed by atoms with Crippen LogP contribution in [0.1, 0.15) is 11.1 Å². The van der Waals surface area contributed by atoms with E-state index >= 15 is 8.78 Å². The molecule has 0 saturated heterocycles. The van der Waals surface area contributed by atoms with Crippen LogP contribution in [0.3, 0.4) is 0 Å². The molecule has 10 nitrogen and oxygen atoms in total. The Hall–Kier alpha value is -5.49. The van der Waals surface area contributed by atoms with Crippen molar-refractivity contribution >= 4 is 28.6 Å². The Morgan fingerprint density at radius 3 is 2.39 bits per heavy atom. The number of carbonyl (C=O) groups is 1. The number of nitrogens with zero attached hydrogens (tertiary/aromatic N) is 5. The molecule has 0 saturated carbocycles. The van der Waals surface area contributed by atoms with E-state index in [4.69, 9.17) is 9.47 Å². The van der Waals surface area contributed by atoms with Crippen LogP contribution >= 0.6 is 0 Å². The Kier molecular flexibility index (Phi) is 9.77. The van der Waals surface area contributed by atoms with Gasteiger partial charge >= 0.3 is 0 Å². The quantitative estimate of drug-likeness (QED) is 0.188. The molecule has 5 aromatic rings. The van der Waals surface area contributed by atoms with Crippen molar-refractivity contribution in [2.24, 2.45) is 0 Å². The molecular weight excluding hydrogens is 594 g/mol. The molecule has 0 atom stereocenters. The van der Waals surface area contributed by atoms with E-state index in [1.54, 1.807) is 48.7 Å². The Morgan fingerprint density at radius 1 is 0.978 bits per heavy atom. The first-order valence-corrected chi connectivity index (χ1v) is 14.3.